The predicted molar refractivity (Wildman–Crippen MR) is 93.3 cm³/mol. The minimum absolute atomic E-state index is 0.0513. The van der Waals surface area contributed by atoms with Crippen LogP contribution in [0.5, 0.6) is 0 Å². The van der Waals surface area contributed by atoms with E-state index in [0.29, 0.717) is 6.42 Å². The van der Waals surface area contributed by atoms with Gasteiger partial charge in [-0.1, -0.05) is 0 Å². The van der Waals surface area contributed by atoms with Crippen molar-refractivity contribution < 1.29 is 18.7 Å². The molecule has 0 aromatic heterocycles. The molecule has 2 heterocycles. The largest absolute Gasteiger partial charge is 0.469 e. The van der Waals surface area contributed by atoms with Gasteiger partial charge in [0.15, 0.2) is 0 Å². The molecule has 9 nitrogen and oxygen atoms in total. The molecule has 150 valence electrons. The van der Waals surface area contributed by atoms with Crippen molar-refractivity contribution in [1.29, 1.82) is 5.26 Å². The summed E-state index contributed by atoms with van der Waals surface area (Å²) in [7, 11) is 1.25. The maximum absolute atomic E-state index is 14.2. The van der Waals surface area contributed by atoms with Gasteiger partial charge in [-0.25, -0.2) is 15.2 Å². The van der Waals surface area contributed by atoms with Gasteiger partial charge < -0.3 is 15.4 Å². The van der Waals surface area contributed by atoms with E-state index in [4.69, 9.17) is 10.00 Å². The van der Waals surface area contributed by atoms with Crippen molar-refractivity contribution in [3.63, 3.8) is 0 Å². The molecule has 2 aliphatic heterocycles. The molecule has 10 heteroatoms. The molecule has 0 bridgehead atoms. The average molecular weight is 382 g/mol. The number of hydrogen-bond donors (Lipinski definition) is 4. The summed E-state index contributed by atoms with van der Waals surface area (Å²) in [5.74, 6) is -2.37. The number of halogens is 1. The smallest absolute Gasteiger partial charge is 0.310 e. The van der Waals surface area contributed by atoms with Gasteiger partial charge in [0.25, 0.3) is 0 Å². The van der Waals surface area contributed by atoms with Gasteiger partial charge in [0, 0.05) is 32.2 Å². The first kappa shape index (κ1) is 19.9. The van der Waals surface area contributed by atoms with E-state index in [0.717, 1.165) is 26.2 Å². The van der Waals surface area contributed by atoms with E-state index < -0.39 is 36.1 Å². The first-order chi connectivity index (χ1) is 13.0. The number of amides is 1. The molecule has 2 saturated heterocycles. The lowest BCUT2D eigenvalue weighted by molar-refractivity contribution is -0.149. The maximum atomic E-state index is 14.2. The van der Waals surface area contributed by atoms with Crippen LogP contribution in [0.3, 0.4) is 0 Å². The summed E-state index contributed by atoms with van der Waals surface area (Å²) >= 11 is 0. The molecule has 0 aromatic carbocycles. The zero-order valence-corrected chi connectivity index (χ0v) is 15.4. The summed E-state index contributed by atoms with van der Waals surface area (Å²) in [5, 5.41) is 15.1. The Hall–Kier alpha value is -1.80. The first-order valence-electron chi connectivity index (χ1n) is 9.41. The van der Waals surface area contributed by atoms with Crippen molar-refractivity contribution in [3.8, 4) is 6.07 Å². The SMILES string of the molecule is COC(=O)C1CC(C#N)C(F)CC1NC(=O)C1CCC(N2CCNC2)NN1. The van der Waals surface area contributed by atoms with Gasteiger partial charge in [-0.15, -0.1) is 0 Å². The molecule has 1 amide bonds. The number of carbonyl (C=O) groups excluding carboxylic acids is 2. The van der Waals surface area contributed by atoms with Gasteiger partial charge in [0.05, 0.1) is 31.2 Å². The van der Waals surface area contributed by atoms with Crippen LogP contribution in [0, 0.1) is 23.2 Å². The number of nitriles is 1. The Morgan fingerprint density at radius 3 is 2.70 bits per heavy atom. The van der Waals surface area contributed by atoms with Gasteiger partial charge in [-0.3, -0.25) is 14.5 Å². The number of alkyl halides is 1. The van der Waals surface area contributed by atoms with Crippen LogP contribution in [-0.2, 0) is 14.3 Å². The van der Waals surface area contributed by atoms with Crippen LogP contribution in [0.15, 0.2) is 0 Å². The van der Waals surface area contributed by atoms with Crippen molar-refractivity contribution in [2.24, 2.45) is 11.8 Å². The highest BCUT2D eigenvalue weighted by Gasteiger charge is 2.43. The number of nitrogens with one attached hydrogen (secondary N) is 4. The third kappa shape index (κ3) is 4.55. The van der Waals surface area contributed by atoms with Gasteiger partial charge in [0.2, 0.25) is 5.91 Å². The second-order valence-corrected chi connectivity index (χ2v) is 7.37. The fraction of sp³-hybridized carbons (Fsp3) is 0.824. The summed E-state index contributed by atoms with van der Waals surface area (Å²) in [6, 6.07) is 0.773. The quantitative estimate of drug-likeness (QED) is 0.456. The molecule has 27 heavy (non-hydrogen) atoms. The van der Waals surface area contributed by atoms with Crippen LogP contribution in [-0.4, -0.2) is 68.1 Å². The zero-order chi connectivity index (χ0) is 19.4. The fourth-order valence-electron chi connectivity index (χ4n) is 4.07. The van der Waals surface area contributed by atoms with Gasteiger partial charge in [0.1, 0.15) is 12.2 Å². The zero-order valence-electron chi connectivity index (χ0n) is 15.4. The van der Waals surface area contributed by atoms with E-state index in [1.165, 1.54) is 7.11 Å². The Labute approximate surface area is 157 Å². The molecule has 3 aliphatic rings. The van der Waals surface area contributed by atoms with Crippen LogP contribution in [0.2, 0.25) is 0 Å². The number of nitrogens with zero attached hydrogens (tertiary/aromatic N) is 2. The minimum atomic E-state index is -1.37. The molecule has 1 saturated carbocycles. The average Bonchev–Trinajstić information content (AvgIpc) is 3.22. The van der Waals surface area contributed by atoms with Crippen molar-refractivity contribution in [2.45, 2.75) is 50.1 Å². The van der Waals surface area contributed by atoms with Crippen LogP contribution in [0.25, 0.3) is 0 Å². The molecule has 4 N–H and O–H groups in total. The molecular formula is C17H27FN6O3. The normalized spacial score (nSPS) is 37.4. The monoisotopic (exact) mass is 382 g/mol. The van der Waals surface area contributed by atoms with Gasteiger partial charge in [-0.2, -0.15) is 5.26 Å². The molecule has 0 radical (unpaired) electrons. The maximum Gasteiger partial charge on any atom is 0.310 e. The van der Waals surface area contributed by atoms with Crippen molar-refractivity contribution in [2.75, 3.05) is 26.9 Å². The van der Waals surface area contributed by atoms with Crippen LogP contribution in [0.1, 0.15) is 25.7 Å². The summed E-state index contributed by atoms with van der Waals surface area (Å²) in [6.45, 7) is 2.72. The van der Waals surface area contributed by atoms with Gasteiger partial charge in [-0.05, 0) is 19.3 Å². The van der Waals surface area contributed by atoms with E-state index in [2.05, 4.69) is 26.4 Å². The van der Waals surface area contributed by atoms with Crippen LogP contribution < -0.4 is 21.5 Å². The highest BCUT2D eigenvalue weighted by molar-refractivity contribution is 5.83. The number of carbonyl (C=O) groups is 2. The van der Waals surface area contributed by atoms with E-state index >= 15 is 0 Å². The van der Waals surface area contributed by atoms with E-state index in [1.807, 2.05) is 6.07 Å². The minimum Gasteiger partial charge on any atom is -0.469 e. The molecule has 0 aromatic rings. The molecule has 3 fully saturated rings. The highest BCUT2D eigenvalue weighted by atomic mass is 19.1. The van der Waals surface area contributed by atoms with Crippen molar-refractivity contribution >= 4 is 11.9 Å². The molecule has 3 rings (SSSR count). The summed E-state index contributed by atoms with van der Waals surface area (Å²) in [6.07, 6.45) is 0.218. The summed E-state index contributed by atoms with van der Waals surface area (Å²) in [5.41, 5.74) is 6.20. The number of esters is 1. The molecular weight excluding hydrogens is 355 g/mol. The first-order valence-corrected chi connectivity index (χ1v) is 9.41. The Bertz CT molecular complexity index is 586. The summed E-state index contributed by atoms with van der Waals surface area (Å²) in [4.78, 5) is 26.9. The van der Waals surface area contributed by atoms with Crippen LogP contribution in [0.4, 0.5) is 4.39 Å². The highest BCUT2D eigenvalue weighted by Crippen LogP contribution is 2.32. The number of hydrogen-bond acceptors (Lipinski definition) is 8. The van der Waals surface area contributed by atoms with Crippen molar-refractivity contribution in [3.05, 3.63) is 0 Å². The molecule has 6 unspecified atom stereocenters. The predicted octanol–water partition coefficient (Wildman–Crippen LogP) is -1.02. The lowest BCUT2D eigenvalue weighted by Crippen LogP contribution is -2.63. The number of methoxy groups -OCH3 is 1. The molecule has 0 spiro atoms. The number of ether oxygens (including phenoxy) is 1. The lowest BCUT2D eigenvalue weighted by atomic mass is 9.77. The third-order valence-electron chi connectivity index (χ3n) is 5.71. The van der Waals surface area contributed by atoms with E-state index in [-0.39, 0.29) is 24.9 Å². The van der Waals surface area contributed by atoms with E-state index in [9.17, 15) is 14.0 Å². The topological polar surface area (TPSA) is 119 Å². The second kappa shape index (κ2) is 8.93. The van der Waals surface area contributed by atoms with E-state index in [1.54, 1.807) is 0 Å². The molecule has 6 atom stereocenters. The summed E-state index contributed by atoms with van der Waals surface area (Å²) < 4.78 is 19.0. The van der Waals surface area contributed by atoms with Gasteiger partial charge >= 0.3 is 5.97 Å². The van der Waals surface area contributed by atoms with Crippen LogP contribution >= 0.6 is 0 Å². The Morgan fingerprint density at radius 1 is 1.30 bits per heavy atom. The fourth-order valence-corrected chi connectivity index (χ4v) is 4.07. The molecule has 1 aliphatic carbocycles. The second-order valence-electron chi connectivity index (χ2n) is 7.37. The Morgan fingerprint density at radius 2 is 2.11 bits per heavy atom. The Kier molecular flexibility index (Phi) is 6.59. The van der Waals surface area contributed by atoms with Crippen molar-refractivity contribution in [1.82, 2.24) is 26.4 Å². The number of rotatable bonds is 4. The Balaban J connectivity index is 1.55. The number of hydrazine groups is 1. The lowest BCUT2D eigenvalue weighted by Gasteiger charge is -2.38. The standard InChI is InChI=1S/C17H27FN6O3/c1-27-17(26)11-6-10(8-19)12(18)7-14(11)21-16(25)13-2-3-15(23-22-13)24-5-4-20-9-24/h10-15,20,22-23H,2-7,9H2,1H3,(H,21,25). The third-order valence-corrected chi connectivity index (χ3v) is 5.71.